The predicted molar refractivity (Wildman–Crippen MR) is 27.9 cm³/mol. The smallest absolute Gasteiger partial charge is 0.133 e. The molecular weight excluding hydrogens is 98.1 g/mol. The van der Waals surface area contributed by atoms with Crippen LogP contribution in [0.25, 0.3) is 0 Å². The second-order valence-corrected chi connectivity index (χ2v) is 1.60. The number of hydrogen-bond donors (Lipinski definition) is 2. The second-order valence-electron chi connectivity index (χ2n) is 0.939. The third-order valence-electron chi connectivity index (χ3n) is 0.399. The lowest BCUT2D eigenvalue weighted by Crippen LogP contribution is -2.14. The van der Waals surface area contributed by atoms with E-state index in [1.165, 1.54) is 0 Å². The van der Waals surface area contributed by atoms with E-state index in [9.17, 15) is 4.79 Å². The predicted octanol–water partition coefficient (Wildman–Crippen LogP) is -0.558. The van der Waals surface area contributed by atoms with E-state index in [-0.39, 0.29) is 5.25 Å². The van der Waals surface area contributed by atoms with E-state index in [1.54, 1.807) is 0 Å². The molecule has 0 bridgehead atoms. The summed E-state index contributed by atoms with van der Waals surface area (Å²) in [6, 6.07) is 0. The summed E-state index contributed by atoms with van der Waals surface area (Å²) in [5, 5.41) is -0.273. The van der Waals surface area contributed by atoms with Crippen molar-refractivity contribution >= 4 is 18.9 Å². The van der Waals surface area contributed by atoms with Gasteiger partial charge in [0.15, 0.2) is 0 Å². The molecular formula is C3H7NOS. The highest BCUT2D eigenvalue weighted by atomic mass is 32.1. The van der Waals surface area contributed by atoms with Crippen molar-refractivity contribution in [1.82, 2.24) is 0 Å². The van der Waals surface area contributed by atoms with Gasteiger partial charge in [0.2, 0.25) is 0 Å². The van der Waals surface area contributed by atoms with Crippen molar-refractivity contribution in [2.75, 3.05) is 6.54 Å². The first-order valence-electron chi connectivity index (χ1n) is 1.64. The minimum Gasteiger partial charge on any atom is -0.329 e. The van der Waals surface area contributed by atoms with Crippen LogP contribution in [-0.4, -0.2) is 18.1 Å². The lowest BCUT2D eigenvalue weighted by Gasteiger charge is -1.89. The first-order chi connectivity index (χ1) is 2.81. The topological polar surface area (TPSA) is 43.1 Å². The fourth-order valence-corrected chi connectivity index (χ4v) is 0.0556. The molecule has 0 fully saturated rings. The van der Waals surface area contributed by atoms with Crippen LogP contribution >= 0.6 is 12.6 Å². The molecule has 1 atom stereocenters. The van der Waals surface area contributed by atoms with Crippen LogP contribution in [0.4, 0.5) is 0 Å². The molecule has 0 aliphatic rings. The summed E-state index contributed by atoms with van der Waals surface area (Å²) in [6.45, 7) is 0.326. The maximum Gasteiger partial charge on any atom is 0.133 e. The summed E-state index contributed by atoms with van der Waals surface area (Å²) in [7, 11) is 0. The highest BCUT2D eigenvalue weighted by molar-refractivity contribution is 7.81. The third-order valence-corrected chi connectivity index (χ3v) is 0.731. The van der Waals surface area contributed by atoms with E-state index >= 15 is 0 Å². The van der Waals surface area contributed by atoms with Gasteiger partial charge in [0.05, 0.1) is 5.25 Å². The van der Waals surface area contributed by atoms with Gasteiger partial charge in [0.1, 0.15) is 6.29 Å². The van der Waals surface area contributed by atoms with Crippen LogP contribution in [0.2, 0.25) is 0 Å². The molecule has 0 saturated heterocycles. The Morgan fingerprint density at radius 3 is 2.50 bits per heavy atom. The Bertz CT molecular complexity index is 48.1. The molecule has 0 heterocycles. The quantitative estimate of drug-likeness (QED) is 0.365. The standard InChI is InChI=1S/C3H7NOS/c4-1-3(6)2-5/h2-3,6H,1,4H2. The molecule has 3 heteroatoms. The lowest BCUT2D eigenvalue weighted by atomic mass is 10.5. The van der Waals surface area contributed by atoms with Crippen LogP contribution in [0.15, 0.2) is 0 Å². The van der Waals surface area contributed by atoms with Crippen molar-refractivity contribution in [3.63, 3.8) is 0 Å². The summed E-state index contributed by atoms with van der Waals surface area (Å²) < 4.78 is 0. The van der Waals surface area contributed by atoms with Crippen molar-refractivity contribution < 1.29 is 4.79 Å². The molecule has 0 aromatic carbocycles. The van der Waals surface area contributed by atoms with Crippen LogP contribution < -0.4 is 5.73 Å². The third kappa shape index (κ3) is 2.23. The van der Waals surface area contributed by atoms with Crippen molar-refractivity contribution in [3.05, 3.63) is 0 Å². The average molecular weight is 105 g/mol. The molecule has 2 nitrogen and oxygen atoms in total. The summed E-state index contributed by atoms with van der Waals surface area (Å²) in [5.74, 6) is 0. The van der Waals surface area contributed by atoms with Gasteiger partial charge in [-0.3, -0.25) is 0 Å². The highest BCUT2D eigenvalue weighted by Gasteiger charge is 1.90. The van der Waals surface area contributed by atoms with Gasteiger partial charge in [-0.15, -0.1) is 0 Å². The first kappa shape index (κ1) is 5.98. The van der Waals surface area contributed by atoms with Crippen molar-refractivity contribution in [2.24, 2.45) is 5.73 Å². The normalized spacial score (nSPS) is 13.7. The Kier molecular flexibility index (Phi) is 3.17. The van der Waals surface area contributed by atoms with E-state index in [2.05, 4.69) is 12.6 Å². The van der Waals surface area contributed by atoms with Gasteiger partial charge in [0.25, 0.3) is 0 Å². The summed E-state index contributed by atoms with van der Waals surface area (Å²) >= 11 is 3.74. The van der Waals surface area contributed by atoms with Gasteiger partial charge in [-0.05, 0) is 0 Å². The molecule has 0 rings (SSSR count). The van der Waals surface area contributed by atoms with Gasteiger partial charge in [-0.25, -0.2) is 0 Å². The Hall–Kier alpha value is -0.0200. The maximum absolute atomic E-state index is 9.58. The molecule has 0 saturated carbocycles. The monoisotopic (exact) mass is 105 g/mol. The van der Waals surface area contributed by atoms with Gasteiger partial charge >= 0.3 is 0 Å². The molecule has 36 valence electrons. The van der Waals surface area contributed by atoms with E-state index in [0.29, 0.717) is 12.8 Å². The molecule has 1 unspecified atom stereocenters. The number of rotatable bonds is 2. The van der Waals surface area contributed by atoms with Gasteiger partial charge in [0, 0.05) is 6.54 Å². The van der Waals surface area contributed by atoms with E-state index < -0.39 is 0 Å². The number of hydrogen-bond acceptors (Lipinski definition) is 3. The minimum atomic E-state index is -0.273. The number of thiol groups is 1. The fraction of sp³-hybridized carbons (Fsp3) is 0.667. The lowest BCUT2D eigenvalue weighted by molar-refractivity contribution is -0.107. The van der Waals surface area contributed by atoms with Gasteiger partial charge in [-0.1, -0.05) is 0 Å². The Morgan fingerprint density at radius 1 is 2.00 bits per heavy atom. The average Bonchev–Trinajstić information content (AvgIpc) is 1.65. The highest BCUT2D eigenvalue weighted by Crippen LogP contribution is 1.81. The van der Waals surface area contributed by atoms with E-state index in [1.807, 2.05) is 0 Å². The Balaban J connectivity index is 2.96. The molecule has 0 aromatic rings. The maximum atomic E-state index is 9.58. The van der Waals surface area contributed by atoms with Crippen LogP contribution in [-0.2, 0) is 4.79 Å². The van der Waals surface area contributed by atoms with E-state index in [0.717, 1.165) is 0 Å². The molecule has 0 aliphatic carbocycles. The number of aldehydes is 1. The Morgan fingerprint density at radius 2 is 2.50 bits per heavy atom. The number of nitrogens with two attached hydrogens (primary N) is 1. The summed E-state index contributed by atoms with van der Waals surface area (Å²) in [5.41, 5.74) is 4.97. The second kappa shape index (κ2) is 3.18. The molecule has 0 aromatic heterocycles. The summed E-state index contributed by atoms with van der Waals surface area (Å²) in [4.78, 5) is 9.58. The number of carbonyl (C=O) groups is 1. The number of carbonyl (C=O) groups excluding carboxylic acids is 1. The van der Waals surface area contributed by atoms with Crippen molar-refractivity contribution in [3.8, 4) is 0 Å². The Labute approximate surface area is 42.1 Å². The molecule has 0 spiro atoms. The molecule has 6 heavy (non-hydrogen) atoms. The van der Waals surface area contributed by atoms with Crippen LogP contribution in [0, 0.1) is 0 Å². The van der Waals surface area contributed by atoms with E-state index in [4.69, 9.17) is 5.73 Å². The van der Waals surface area contributed by atoms with Crippen molar-refractivity contribution in [2.45, 2.75) is 5.25 Å². The molecule has 2 N–H and O–H groups in total. The van der Waals surface area contributed by atoms with Gasteiger partial charge in [-0.2, -0.15) is 12.6 Å². The zero-order valence-electron chi connectivity index (χ0n) is 3.29. The zero-order valence-corrected chi connectivity index (χ0v) is 4.19. The van der Waals surface area contributed by atoms with Crippen LogP contribution in [0.1, 0.15) is 0 Å². The largest absolute Gasteiger partial charge is 0.329 e. The fourth-order valence-electron chi connectivity index (χ4n) is 0.0556. The molecule has 0 aliphatic heterocycles. The van der Waals surface area contributed by atoms with Crippen LogP contribution in [0.5, 0.6) is 0 Å². The van der Waals surface area contributed by atoms with Crippen molar-refractivity contribution in [1.29, 1.82) is 0 Å². The van der Waals surface area contributed by atoms with Gasteiger partial charge < -0.3 is 10.5 Å². The summed E-state index contributed by atoms with van der Waals surface area (Å²) in [6.07, 6.45) is 0.711. The zero-order chi connectivity index (χ0) is 4.99. The van der Waals surface area contributed by atoms with Crippen LogP contribution in [0.3, 0.4) is 0 Å². The molecule has 0 amide bonds. The minimum absolute atomic E-state index is 0.273. The molecule has 0 radical (unpaired) electrons. The first-order valence-corrected chi connectivity index (χ1v) is 2.16. The SMILES string of the molecule is NCC(S)C=O.